The van der Waals surface area contributed by atoms with Crippen LogP contribution in [0.1, 0.15) is 40.0 Å². The van der Waals surface area contributed by atoms with E-state index >= 15 is 0 Å². The molecule has 2 aliphatic heterocycles. The number of amidine groups is 1. The first kappa shape index (κ1) is 13.1. The van der Waals surface area contributed by atoms with Crippen molar-refractivity contribution in [1.82, 2.24) is 10.2 Å². The number of carbonyl (C=O) groups excluding carboxylic acids is 1. The average Bonchev–Trinajstić information content (AvgIpc) is 2.96. The molecule has 19 heavy (non-hydrogen) atoms. The van der Waals surface area contributed by atoms with E-state index < -0.39 is 5.54 Å². The number of likely N-dealkylation sites (tertiary alicyclic amines) is 1. The lowest BCUT2D eigenvalue weighted by Crippen LogP contribution is -2.45. The highest BCUT2D eigenvalue weighted by Gasteiger charge is 2.58. The number of nitrogens with one attached hydrogen (secondary N) is 1. The summed E-state index contributed by atoms with van der Waals surface area (Å²) in [6.07, 6.45) is 2.95. The Bertz CT molecular complexity index is 418. The first-order valence-electron chi connectivity index (χ1n) is 7.67. The van der Waals surface area contributed by atoms with E-state index in [0.29, 0.717) is 17.8 Å². The molecule has 2 heterocycles. The van der Waals surface area contributed by atoms with Gasteiger partial charge in [0.25, 0.3) is 5.91 Å². The van der Waals surface area contributed by atoms with E-state index in [0.717, 1.165) is 44.7 Å². The van der Waals surface area contributed by atoms with Gasteiger partial charge in [0.05, 0.1) is 0 Å². The van der Waals surface area contributed by atoms with E-state index in [1.807, 2.05) is 0 Å². The highest BCUT2D eigenvalue weighted by Crippen LogP contribution is 2.48. The SMILES string of the molecule is CCC1=N[C@]2(CC[C@H]3CN(CC(C)C)C[C@H]32)C(=O)N1. The third-order valence-corrected chi connectivity index (χ3v) is 4.97. The molecular weight excluding hydrogens is 238 g/mol. The number of hydrogen-bond acceptors (Lipinski definition) is 3. The van der Waals surface area contributed by atoms with Gasteiger partial charge in [0.2, 0.25) is 0 Å². The quantitative estimate of drug-likeness (QED) is 0.841. The lowest BCUT2D eigenvalue weighted by Gasteiger charge is -2.26. The lowest BCUT2D eigenvalue weighted by atomic mass is 9.85. The second-order valence-electron chi connectivity index (χ2n) is 6.81. The molecule has 0 unspecified atom stereocenters. The van der Waals surface area contributed by atoms with Crippen LogP contribution in [-0.4, -0.2) is 41.8 Å². The van der Waals surface area contributed by atoms with Crippen LogP contribution in [-0.2, 0) is 4.79 Å². The van der Waals surface area contributed by atoms with Gasteiger partial charge < -0.3 is 10.2 Å². The summed E-state index contributed by atoms with van der Waals surface area (Å²) in [7, 11) is 0. The lowest BCUT2D eigenvalue weighted by molar-refractivity contribution is -0.125. The molecule has 0 aromatic carbocycles. The number of amides is 1. The normalized spacial score (nSPS) is 38.1. The number of fused-ring (bicyclic) bond motifs is 2. The van der Waals surface area contributed by atoms with Crippen LogP contribution in [0.15, 0.2) is 4.99 Å². The minimum absolute atomic E-state index is 0.170. The van der Waals surface area contributed by atoms with Crippen LogP contribution < -0.4 is 5.32 Å². The van der Waals surface area contributed by atoms with Crippen LogP contribution in [0.4, 0.5) is 0 Å². The maximum absolute atomic E-state index is 12.4. The second kappa shape index (κ2) is 4.58. The van der Waals surface area contributed by atoms with Gasteiger partial charge in [0.1, 0.15) is 11.4 Å². The largest absolute Gasteiger partial charge is 0.312 e. The van der Waals surface area contributed by atoms with Gasteiger partial charge in [-0.3, -0.25) is 9.79 Å². The Morgan fingerprint density at radius 3 is 2.89 bits per heavy atom. The molecule has 1 aliphatic carbocycles. The first-order valence-corrected chi connectivity index (χ1v) is 7.67. The summed E-state index contributed by atoms with van der Waals surface area (Å²) >= 11 is 0. The fourth-order valence-corrected chi connectivity index (χ4v) is 4.20. The minimum Gasteiger partial charge on any atom is -0.312 e. The molecule has 1 N–H and O–H groups in total. The van der Waals surface area contributed by atoms with Gasteiger partial charge >= 0.3 is 0 Å². The Hall–Kier alpha value is -0.900. The van der Waals surface area contributed by atoms with Crippen LogP contribution >= 0.6 is 0 Å². The fourth-order valence-electron chi connectivity index (χ4n) is 4.20. The predicted octanol–water partition coefficient (Wildman–Crippen LogP) is 1.66. The minimum atomic E-state index is -0.415. The zero-order valence-corrected chi connectivity index (χ0v) is 12.3. The van der Waals surface area contributed by atoms with Gasteiger partial charge in [-0.1, -0.05) is 20.8 Å². The molecule has 4 heteroatoms. The van der Waals surface area contributed by atoms with Gasteiger partial charge in [-0.2, -0.15) is 0 Å². The Kier molecular flexibility index (Phi) is 3.16. The first-order chi connectivity index (χ1) is 9.05. The number of hydrogen-bond donors (Lipinski definition) is 1. The van der Waals surface area contributed by atoms with Crippen molar-refractivity contribution in [3.63, 3.8) is 0 Å². The summed E-state index contributed by atoms with van der Waals surface area (Å²) in [5, 5.41) is 3.00. The molecule has 0 aromatic rings. The standard InChI is InChI=1S/C15H25N3O/c1-4-13-16-14(19)15(17-13)6-5-11-8-18(7-10(2)3)9-12(11)15/h10-12H,4-9H2,1-3H3,(H,16,17,19)/t11-,12+,15-/m0/s1. The zero-order valence-electron chi connectivity index (χ0n) is 12.3. The molecule has 106 valence electrons. The maximum Gasteiger partial charge on any atom is 0.253 e. The highest BCUT2D eigenvalue weighted by atomic mass is 16.2. The van der Waals surface area contributed by atoms with Crippen LogP contribution in [0.3, 0.4) is 0 Å². The van der Waals surface area contributed by atoms with Crippen molar-refractivity contribution in [2.45, 2.75) is 45.6 Å². The van der Waals surface area contributed by atoms with Crippen molar-refractivity contribution < 1.29 is 4.79 Å². The summed E-state index contributed by atoms with van der Waals surface area (Å²) in [6.45, 7) is 9.95. The van der Waals surface area contributed by atoms with Crippen LogP contribution in [0.2, 0.25) is 0 Å². The summed E-state index contributed by atoms with van der Waals surface area (Å²) in [4.78, 5) is 19.7. The highest BCUT2D eigenvalue weighted by molar-refractivity contribution is 6.08. The molecule has 2 fully saturated rings. The molecule has 4 nitrogen and oxygen atoms in total. The number of carbonyl (C=O) groups is 1. The van der Waals surface area contributed by atoms with Gasteiger partial charge in [0.15, 0.2) is 0 Å². The summed E-state index contributed by atoms with van der Waals surface area (Å²) in [6, 6.07) is 0. The number of nitrogens with zero attached hydrogens (tertiary/aromatic N) is 2. The summed E-state index contributed by atoms with van der Waals surface area (Å²) in [5.74, 6) is 2.87. The van der Waals surface area contributed by atoms with E-state index in [2.05, 4.69) is 31.0 Å². The maximum atomic E-state index is 12.4. The van der Waals surface area contributed by atoms with Gasteiger partial charge in [-0.25, -0.2) is 0 Å². The van der Waals surface area contributed by atoms with Gasteiger partial charge in [0, 0.05) is 32.0 Å². The molecule has 3 rings (SSSR count). The second-order valence-corrected chi connectivity index (χ2v) is 6.81. The van der Waals surface area contributed by atoms with E-state index in [1.165, 1.54) is 0 Å². The molecular formula is C15H25N3O. The topological polar surface area (TPSA) is 44.7 Å². The van der Waals surface area contributed by atoms with Crippen molar-refractivity contribution in [3.8, 4) is 0 Å². The van der Waals surface area contributed by atoms with Crippen molar-refractivity contribution >= 4 is 11.7 Å². The van der Waals surface area contributed by atoms with E-state index in [1.54, 1.807) is 0 Å². The smallest absolute Gasteiger partial charge is 0.253 e. The fraction of sp³-hybridized carbons (Fsp3) is 0.867. The third-order valence-electron chi connectivity index (χ3n) is 4.97. The molecule has 0 radical (unpaired) electrons. The molecule has 1 saturated carbocycles. The van der Waals surface area contributed by atoms with Crippen molar-refractivity contribution in [2.24, 2.45) is 22.7 Å². The number of aliphatic imine (C=N–C) groups is 1. The van der Waals surface area contributed by atoms with E-state index in [4.69, 9.17) is 4.99 Å². The summed E-state index contributed by atoms with van der Waals surface area (Å²) in [5.41, 5.74) is -0.415. The van der Waals surface area contributed by atoms with Crippen molar-refractivity contribution in [2.75, 3.05) is 19.6 Å². The molecule has 0 aromatic heterocycles. The molecule has 1 saturated heterocycles. The molecule has 0 bridgehead atoms. The van der Waals surface area contributed by atoms with Gasteiger partial charge in [-0.15, -0.1) is 0 Å². The third kappa shape index (κ3) is 2.00. The predicted molar refractivity (Wildman–Crippen MR) is 76.1 cm³/mol. The van der Waals surface area contributed by atoms with E-state index in [-0.39, 0.29) is 5.91 Å². The molecule has 1 amide bonds. The number of rotatable bonds is 3. The van der Waals surface area contributed by atoms with Crippen molar-refractivity contribution in [3.05, 3.63) is 0 Å². The molecule has 1 spiro atoms. The van der Waals surface area contributed by atoms with Crippen LogP contribution in [0.5, 0.6) is 0 Å². The average molecular weight is 263 g/mol. The Morgan fingerprint density at radius 2 is 2.26 bits per heavy atom. The Balaban J connectivity index is 1.79. The monoisotopic (exact) mass is 263 g/mol. The van der Waals surface area contributed by atoms with E-state index in [9.17, 15) is 4.79 Å². The van der Waals surface area contributed by atoms with Crippen molar-refractivity contribution in [1.29, 1.82) is 0 Å². The Labute approximate surface area is 115 Å². The zero-order chi connectivity index (χ0) is 13.6. The molecule has 3 aliphatic rings. The van der Waals surface area contributed by atoms with Gasteiger partial charge in [-0.05, 0) is 24.7 Å². The molecule has 3 atom stereocenters. The summed E-state index contributed by atoms with van der Waals surface area (Å²) < 4.78 is 0. The van der Waals surface area contributed by atoms with Crippen LogP contribution in [0, 0.1) is 17.8 Å². The van der Waals surface area contributed by atoms with Crippen LogP contribution in [0.25, 0.3) is 0 Å². The Morgan fingerprint density at radius 1 is 1.47 bits per heavy atom.